The second-order valence-corrected chi connectivity index (χ2v) is 6.97. The van der Waals surface area contributed by atoms with Crippen LogP contribution in [-0.2, 0) is 10.5 Å². The van der Waals surface area contributed by atoms with E-state index in [-0.39, 0.29) is 18.0 Å². The topological polar surface area (TPSA) is 66.0 Å². The zero-order valence-corrected chi connectivity index (χ0v) is 14.6. The number of aromatic nitrogens is 1. The predicted molar refractivity (Wildman–Crippen MR) is 97.7 cm³/mol. The lowest BCUT2D eigenvalue weighted by Gasteiger charge is -2.20. The Morgan fingerprint density at radius 1 is 1.33 bits per heavy atom. The van der Waals surface area contributed by atoms with E-state index in [2.05, 4.69) is 21.2 Å². The molecule has 2 aromatic rings. The van der Waals surface area contributed by atoms with E-state index in [1.54, 1.807) is 18.0 Å². The third-order valence-electron chi connectivity index (χ3n) is 3.78. The number of rotatable bonds is 6. The summed E-state index contributed by atoms with van der Waals surface area (Å²) in [7, 11) is 0. The number of hydrogen-bond acceptors (Lipinski definition) is 5. The van der Waals surface area contributed by atoms with E-state index in [0.29, 0.717) is 10.8 Å². The van der Waals surface area contributed by atoms with Crippen LogP contribution >= 0.6 is 23.4 Å². The smallest absolute Gasteiger partial charge is 0.231 e. The molecule has 5 nitrogen and oxygen atoms in total. The SMILES string of the molecule is O=C(CSCc1ccccn1)NC1NNCC1c1cccc(Cl)c1. The van der Waals surface area contributed by atoms with Crippen LogP contribution in [-0.4, -0.2) is 29.4 Å². The Morgan fingerprint density at radius 2 is 2.25 bits per heavy atom. The largest absolute Gasteiger partial charge is 0.338 e. The molecule has 126 valence electrons. The molecule has 2 atom stereocenters. The fourth-order valence-electron chi connectivity index (χ4n) is 2.63. The number of hydrogen-bond donors (Lipinski definition) is 3. The highest BCUT2D eigenvalue weighted by atomic mass is 35.5. The maximum atomic E-state index is 12.2. The third-order valence-corrected chi connectivity index (χ3v) is 4.99. The molecule has 0 spiro atoms. The molecule has 2 heterocycles. The fourth-order valence-corrected chi connectivity index (χ4v) is 3.58. The van der Waals surface area contributed by atoms with Crippen LogP contribution in [0.5, 0.6) is 0 Å². The summed E-state index contributed by atoms with van der Waals surface area (Å²) in [6, 6.07) is 13.5. The average Bonchev–Trinajstić information content (AvgIpc) is 3.04. The summed E-state index contributed by atoms with van der Waals surface area (Å²) in [6.45, 7) is 0.742. The molecule has 1 aromatic carbocycles. The molecule has 0 saturated carbocycles. The summed E-state index contributed by atoms with van der Waals surface area (Å²) in [5.41, 5.74) is 8.30. The quantitative estimate of drug-likeness (QED) is 0.736. The summed E-state index contributed by atoms with van der Waals surface area (Å²) in [5.74, 6) is 1.27. The molecule has 1 aromatic heterocycles. The molecule has 1 fully saturated rings. The summed E-state index contributed by atoms with van der Waals surface area (Å²) >= 11 is 7.62. The Kier molecular flexibility index (Phi) is 6.09. The molecule has 24 heavy (non-hydrogen) atoms. The molecular weight excluding hydrogens is 344 g/mol. The Bertz CT molecular complexity index is 685. The molecule has 0 bridgehead atoms. The highest BCUT2D eigenvalue weighted by molar-refractivity contribution is 7.99. The van der Waals surface area contributed by atoms with Crippen LogP contribution in [0.1, 0.15) is 17.2 Å². The monoisotopic (exact) mass is 362 g/mol. The second-order valence-electron chi connectivity index (χ2n) is 5.55. The number of thioether (sulfide) groups is 1. The Morgan fingerprint density at radius 3 is 3.04 bits per heavy atom. The number of halogens is 1. The lowest BCUT2D eigenvalue weighted by Crippen LogP contribution is -2.47. The lowest BCUT2D eigenvalue weighted by atomic mass is 9.97. The van der Waals surface area contributed by atoms with Gasteiger partial charge in [-0.1, -0.05) is 29.8 Å². The first-order chi connectivity index (χ1) is 11.7. The molecule has 7 heteroatoms. The van der Waals surface area contributed by atoms with Crippen molar-refractivity contribution in [1.29, 1.82) is 0 Å². The maximum absolute atomic E-state index is 12.2. The van der Waals surface area contributed by atoms with Gasteiger partial charge in [0.15, 0.2) is 0 Å². The van der Waals surface area contributed by atoms with Crippen molar-refractivity contribution in [2.24, 2.45) is 0 Å². The number of carbonyl (C=O) groups is 1. The van der Waals surface area contributed by atoms with E-state index >= 15 is 0 Å². The molecule has 2 unspecified atom stereocenters. The van der Waals surface area contributed by atoms with Crippen LogP contribution < -0.4 is 16.2 Å². The third kappa shape index (κ3) is 4.70. The van der Waals surface area contributed by atoms with Gasteiger partial charge >= 0.3 is 0 Å². The van der Waals surface area contributed by atoms with Crippen molar-refractivity contribution in [1.82, 2.24) is 21.2 Å². The maximum Gasteiger partial charge on any atom is 0.231 e. The van der Waals surface area contributed by atoms with Gasteiger partial charge in [0, 0.05) is 29.4 Å². The van der Waals surface area contributed by atoms with Gasteiger partial charge in [-0.25, -0.2) is 5.43 Å². The normalized spacial score (nSPS) is 20.0. The first-order valence-electron chi connectivity index (χ1n) is 7.73. The summed E-state index contributed by atoms with van der Waals surface area (Å²) in [4.78, 5) is 16.4. The van der Waals surface area contributed by atoms with Crippen molar-refractivity contribution in [3.63, 3.8) is 0 Å². The Labute approximate surface area is 150 Å². The molecule has 1 saturated heterocycles. The van der Waals surface area contributed by atoms with Gasteiger partial charge < -0.3 is 5.32 Å². The molecule has 0 radical (unpaired) electrons. The first-order valence-corrected chi connectivity index (χ1v) is 9.26. The first kappa shape index (κ1) is 17.2. The standard InChI is InChI=1S/C17H19ClN4OS/c18-13-5-3-4-12(8-13)15-9-20-22-17(15)21-16(23)11-24-10-14-6-1-2-7-19-14/h1-8,15,17,20,22H,9-11H2,(H,21,23). The highest BCUT2D eigenvalue weighted by Gasteiger charge is 2.29. The number of pyridine rings is 1. The number of benzene rings is 1. The Hall–Kier alpha value is -1.60. The number of hydrazine groups is 1. The van der Waals surface area contributed by atoms with E-state index in [9.17, 15) is 4.79 Å². The van der Waals surface area contributed by atoms with Crippen LogP contribution in [0.2, 0.25) is 5.02 Å². The van der Waals surface area contributed by atoms with Crippen LogP contribution in [0.15, 0.2) is 48.7 Å². The molecule has 3 N–H and O–H groups in total. The predicted octanol–water partition coefficient (Wildman–Crippen LogP) is 2.30. The van der Waals surface area contributed by atoms with Crippen LogP contribution in [0.25, 0.3) is 0 Å². The minimum absolute atomic E-state index is 0.00385. The van der Waals surface area contributed by atoms with Crippen molar-refractivity contribution < 1.29 is 4.79 Å². The van der Waals surface area contributed by atoms with Crippen molar-refractivity contribution in [3.05, 3.63) is 64.9 Å². The van der Waals surface area contributed by atoms with E-state index in [1.165, 1.54) is 0 Å². The average molecular weight is 363 g/mol. The van der Waals surface area contributed by atoms with Gasteiger partial charge in [-0.3, -0.25) is 15.2 Å². The second kappa shape index (κ2) is 8.48. The molecule has 0 aliphatic carbocycles. The molecule has 3 rings (SSSR count). The lowest BCUT2D eigenvalue weighted by molar-refractivity contribution is -0.119. The summed E-state index contributed by atoms with van der Waals surface area (Å²) < 4.78 is 0. The summed E-state index contributed by atoms with van der Waals surface area (Å²) in [6.07, 6.45) is 1.62. The number of nitrogens with zero attached hydrogens (tertiary/aromatic N) is 1. The van der Waals surface area contributed by atoms with Gasteiger partial charge in [-0.05, 0) is 29.8 Å². The minimum Gasteiger partial charge on any atom is -0.338 e. The van der Waals surface area contributed by atoms with Gasteiger partial charge in [0.25, 0.3) is 0 Å². The van der Waals surface area contributed by atoms with Crippen molar-refractivity contribution >= 4 is 29.3 Å². The van der Waals surface area contributed by atoms with Gasteiger partial charge in [0.1, 0.15) is 6.17 Å². The molecule has 1 amide bonds. The summed E-state index contributed by atoms with van der Waals surface area (Å²) in [5, 5.41) is 3.74. The fraction of sp³-hybridized carbons (Fsp3) is 0.294. The van der Waals surface area contributed by atoms with Crippen LogP contribution in [0.4, 0.5) is 0 Å². The van der Waals surface area contributed by atoms with Gasteiger partial charge in [-0.15, -0.1) is 11.8 Å². The highest BCUT2D eigenvalue weighted by Crippen LogP contribution is 2.23. The van der Waals surface area contributed by atoms with E-state index in [0.717, 1.165) is 23.6 Å². The molecule has 1 aliphatic heterocycles. The van der Waals surface area contributed by atoms with Crippen LogP contribution in [0.3, 0.4) is 0 Å². The number of carbonyl (C=O) groups excluding carboxylic acids is 1. The number of amides is 1. The molecule has 1 aliphatic rings. The van der Waals surface area contributed by atoms with Gasteiger partial charge in [-0.2, -0.15) is 0 Å². The zero-order valence-electron chi connectivity index (χ0n) is 13.0. The van der Waals surface area contributed by atoms with Crippen LogP contribution in [0, 0.1) is 0 Å². The van der Waals surface area contributed by atoms with E-state index < -0.39 is 0 Å². The van der Waals surface area contributed by atoms with Gasteiger partial charge in [0.05, 0.1) is 11.4 Å². The molecular formula is C17H19ClN4OS. The minimum atomic E-state index is -0.147. The number of nitrogens with one attached hydrogen (secondary N) is 3. The van der Waals surface area contributed by atoms with Crippen molar-refractivity contribution in [3.8, 4) is 0 Å². The van der Waals surface area contributed by atoms with Crippen molar-refractivity contribution in [2.75, 3.05) is 12.3 Å². The van der Waals surface area contributed by atoms with E-state index in [4.69, 9.17) is 11.6 Å². The van der Waals surface area contributed by atoms with E-state index in [1.807, 2.05) is 42.5 Å². The Balaban J connectivity index is 1.50. The van der Waals surface area contributed by atoms with Gasteiger partial charge in [0.2, 0.25) is 5.91 Å². The zero-order chi connectivity index (χ0) is 16.8. The van der Waals surface area contributed by atoms with Crippen molar-refractivity contribution in [2.45, 2.75) is 17.8 Å².